The average Bonchev–Trinajstić information content (AvgIpc) is 3.34. The van der Waals surface area contributed by atoms with E-state index in [-0.39, 0.29) is 11.8 Å². The Labute approximate surface area is 123 Å². The second kappa shape index (κ2) is 5.26. The lowest BCUT2D eigenvalue weighted by atomic mass is 9.96. The standard InChI is InChI=1S/C16H18N4O/c1-16(17,12-7-8-12)15(21)20-13-9-18-14(19-10-13)11-5-3-2-4-6-11/h2-6,9-10,12H,7-8,17H2,1H3,(H,20,21). The highest BCUT2D eigenvalue weighted by Gasteiger charge is 2.44. The fourth-order valence-electron chi connectivity index (χ4n) is 2.26. The summed E-state index contributed by atoms with van der Waals surface area (Å²) in [5, 5.41) is 2.79. The van der Waals surface area contributed by atoms with Crippen molar-refractivity contribution in [1.82, 2.24) is 9.97 Å². The van der Waals surface area contributed by atoms with E-state index in [1.54, 1.807) is 19.3 Å². The summed E-state index contributed by atoms with van der Waals surface area (Å²) < 4.78 is 0. The highest BCUT2D eigenvalue weighted by Crippen LogP contribution is 2.38. The van der Waals surface area contributed by atoms with Gasteiger partial charge >= 0.3 is 0 Å². The van der Waals surface area contributed by atoms with Gasteiger partial charge in [-0.3, -0.25) is 4.79 Å². The predicted octanol–water partition coefficient (Wildman–Crippen LogP) is 2.21. The normalized spacial score (nSPS) is 17.0. The Morgan fingerprint density at radius 2 is 1.86 bits per heavy atom. The fraction of sp³-hybridized carbons (Fsp3) is 0.312. The monoisotopic (exact) mass is 282 g/mol. The van der Waals surface area contributed by atoms with E-state index in [9.17, 15) is 4.79 Å². The van der Waals surface area contributed by atoms with Crippen LogP contribution in [0.4, 0.5) is 5.69 Å². The minimum absolute atomic E-state index is 0.180. The Hall–Kier alpha value is -2.27. The summed E-state index contributed by atoms with van der Waals surface area (Å²) in [6.07, 6.45) is 5.25. The van der Waals surface area contributed by atoms with Gasteiger partial charge in [-0.15, -0.1) is 0 Å². The van der Waals surface area contributed by atoms with Gasteiger partial charge in [0.25, 0.3) is 0 Å². The number of nitrogens with two attached hydrogens (primary N) is 1. The van der Waals surface area contributed by atoms with Gasteiger partial charge in [-0.05, 0) is 25.7 Å². The maximum Gasteiger partial charge on any atom is 0.244 e. The molecule has 0 aliphatic heterocycles. The second-order valence-electron chi connectivity index (χ2n) is 5.67. The van der Waals surface area contributed by atoms with Crippen molar-refractivity contribution in [3.63, 3.8) is 0 Å². The molecule has 1 heterocycles. The van der Waals surface area contributed by atoms with Crippen LogP contribution in [0.25, 0.3) is 11.4 Å². The van der Waals surface area contributed by atoms with E-state index < -0.39 is 5.54 Å². The molecule has 1 saturated carbocycles. The van der Waals surface area contributed by atoms with Gasteiger partial charge < -0.3 is 11.1 Å². The zero-order valence-corrected chi connectivity index (χ0v) is 11.9. The first-order chi connectivity index (χ1) is 10.1. The molecule has 0 saturated heterocycles. The summed E-state index contributed by atoms with van der Waals surface area (Å²) in [7, 11) is 0. The molecule has 1 aromatic heterocycles. The molecule has 1 aliphatic carbocycles. The molecule has 3 N–H and O–H groups in total. The molecular weight excluding hydrogens is 264 g/mol. The average molecular weight is 282 g/mol. The maximum atomic E-state index is 12.2. The number of nitrogens with one attached hydrogen (secondary N) is 1. The maximum absolute atomic E-state index is 12.2. The molecule has 21 heavy (non-hydrogen) atoms. The van der Waals surface area contributed by atoms with Gasteiger partial charge in [-0.2, -0.15) is 0 Å². The van der Waals surface area contributed by atoms with Crippen molar-refractivity contribution in [3.8, 4) is 11.4 Å². The molecule has 1 aliphatic rings. The summed E-state index contributed by atoms with van der Waals surface area (Å²) in [6, 6.07) is 9.70. The summed E-state index contributed by atoms with van der Waals surface area (Å²) in [6.45, 7) is 1.78. The molecule has 2 aromatic rings. The molecule has 5 heteroatoms. The molecule has 0 radical (unpaired) electrons. The molecule has 1 atom stereocenters. The Bertz CT molecular complexity index is 633. The molecule has 1 amide bonds. The van der Waals surface area contributed by atoms with Gasteiger partial charge in [0.15, 0.2) is 5.82 Å². The van der Waals surface area contributed by atoms with E-state index in [1.807, 2.05) is 30.3 Å². The summed E-state index contributed by atoms with van der Waals surface area (Å²) >= 11 is 0. The van der Waals surface area contributed by atoms with Crippen LogP contribution < -0.4 is 11.1 Å². The molecule has 5 nitrogen and oxygen atoms in total. The van der Waals surface area contributed by atoms with Gasteiger partial charge in [-0.1, -0.05) is 30.3 Å². The molecule has 108 valence electrons. The van der Waals surface area contributed by atoms with Crippen molar-refractivity contribution in [2.24, 2.45) is 11.7 Å². The van der Waals surface area contributed by atoms with Crippen molar-refractivity contribution in [2.75, 3.05) is 5.32 Å². The van der Waals surface area contributed by atoms with E-state index in [0.29, 0.717) is 11.5 Å². The summed E-state index contributed by atoms with van der Waals surface area (Å²) in [5.41, 5.74) is 6.77. The minimum atomic E-state index is -0.821. The molecular formula is C16H18N4O. The quantitative estimate of drug-likeness (QED) is 0.901. The van der Waals surface area contributed by atoms with Gasteiger partial charge in [0, 0.05) is 5.56 Å². The lowest BCUT2D eigenvalue weighted by Gasteiger charge is -2.22. The molecule has 3 rings (SSSR count). The molecule has 0 bridgehead atoms. The van der Waals surface area contributed by atoms with Crippen molar-refractivity contribution in [3.05, 3.63) is 42.7 Å². The Balaban J connectivity index is 1.71. The highest BCUT2D eigenvalue weighted by atomic mass is 16.2. The lowest BCUT2D eigenvalue weighted by molar-refractivity contribution is -0.121. The van der Waals surface area contributed by atoms with Crippen molar-refractivity contribution in [2.45, 2.75) is 25.3 Å². The number of rotatable bonds is 4. The van der Waals surface area contributed by atoms with Crippen LogP contribution in [0.2, 0.25) is 0 Å². The number of hydrogen-bond acceptors (Lipinski definition) is 4. The fourth-order valence-corrected chi connectivity index (χ4v) is 2.26. The second-order valence-corrected chi connectivity index (χ2v) is 5.67. The van der Waals surface area contributed by atoms with Crippen LogP contribution in [0.15, 0.2) is 42.7 Å². The number of amides is 1. The SMILES string of the molecule is CC(N)(C(=O)Nc1cnc(-c2ccccc2)nc1)C1CC1. The van der Waals surface area contributed by atoms with Gasteiger partial charge in [0.05, 0.1) is 23.6 Å². The zero-order valence-electron chi connectivity index (χ0n) is 11.9. The Kier molecular flexibility index (Phi) is 3.43. The third-order valence-electron chi connectivity index (χ3n) is 3.86. The zero-order chi connectivity index (χ0) is 14.9. The Morgan fingerprint density at radius 3 is 2.43 bits per heavy atom. The number of carbonyl (C=O) groups is 1. The van der Waals surface area contributed by atoms with Crippen LogP contribution in [0.3, 0.4) is 0 Å². The van der Waals surface area contributed by atoms with Crippen LogP contribution in [0.5, 0.6) is 0 Å². The van der Waals surface area contributed by atoms with Gasteiger partial charge in [0.1, 0.15) is 0 Å². The molecule has 0 spiro atoms. The predicted molar refractivity (Wildman–Crippen MR) is 81.4 cm³/mol. The summed E-state index contributed by atoms with van der Waals surface area (Å²) in [4.78, 5) is 20.7. The Morgan fingerprint density at radius 1 is 1.24 bits per heavy atom. The third-order valence-corrected chi connectivity index (χ3v) is 3.86. The minimum Gasteiger partial charge on any atom is -0.322 e. The lowest BCUT2D eigenvalue weighted by Crippen LogP contribution is -2.50. The van der Waals surface area contributed by atoms with E-state index in [4.69, 9.17) is 5.73 Å². The third kappa shape index (κ3) is 2.92. The smallest absolute Gasteiger partial charge is 0.244 e. The number of benzene rings is 1. The van der Waals surface area contributed by atoms with Crippen LogP contribution in [0.1, 0.15) is 19.8 Å². The topological polar surface area (TPSA) is 80.9 Å². The first-order valence-corrected chi connectivity index (χ1v) is 7.05. The number of carbonyl (C=O) groups excluding carboxylic acids is 1. The van der Waals surface area contributed by atoms with Gasteiger partial charge in [-0.25, -0.2) is 9.97 Å². The van der Waals surface area contributed by atoms with E-state index in [2.05, 4.69) is 15.3 Å². The highest BCUT2D eigenvalue weighted by molar-refractivity contribution is 5.98. The first kappa shape index (κ1) is 13.7. The van der Waals surface area contributed by atoms with E-state index in [0.717, 1.165) is 18.4 Å². The number of aromatic nitrogens is 2. The molecule has 1 unspecified atom stereocenters. The van der Waals surface area contributed by atoms with Crippen LogP contribution in [0, 0.1) is 5.92 Å². The summed E-state index contributed by atoms with van der Waals surface area (Å²) in [5.74, 6) is 0.731. The van der Waals surface area contributed by atoms with Crippen LogP contribution in [-0.4, -0.2) is 21.4 Å². The molecule has 1 fully saturated rings. The van der Waals surface area contributed by atoms with E-state index in [1.165, 1.54) is 0 Å². The number of hydrogen-bond donors (Lipinski definition) is 2. The van der Waals surface area contributed by atoms with Crippen molar-refractivity contribution >= 4 is 11.6 Å². The first-order valence-electron chi connectivity index (χ1n) is 7.05. The van der Waals surface area contributed by atoms with Crippen LogP contribution >= 0.6 is 0 Å². The molecule has 1 aromatic carbocycles. The van der Waals surface area contributed by atoms with E-state index >= 15 is 0 Å². The van der Waals surface area contributed by atoms with Gasteiger partial charge in [0.2, 0.25) is 5.91 Å². The number of nitrogens with zero attached hydrogens (tertiary/aromatic N) is 2. The van der Waals surface area contributed by atoms with Crippen LogP contribution in [-0.2, 0) is 4.79 Å². The number of anilines is 1. The van der Waals surface area contributed by atoms with Crippen molar-refractivity contribution in [1.29, 1.82) is 0 Å². The van der Waals surface area contributed by atoms with Crippen molar-refractivity contribution < 1.29 is 4.79 Å². The largest absolute Gasteiger partial charge is 0.322 e.